The number of hydrogen-bond acceptors (Lipinski definition) is 6. The van der Waals surface area contributed by atoms with Crippen molar-refractivity contribution in [1.82, 2.24) is 14.3 Å². The molecule has 1 saturated heterocycles. The Labute approximate surface area is 148 Å². The van der Waals surface area contributed by atoms with Crippen molar-refractivity contribution >= 4 is 29.2 Å². The molecule has 136 valence electrons. The average Bonchev–Trinajstić information content (AvgIpc) is 3.35. The van der Waals surface area contributed by atoms with E-state index in [-0.39, 0.29) is 13.2 Å². The van der Waals surface area contributed by atoms with Crippen LogP contribution < -0.4 is 4.90 Å². The smallest absolute Gasteiger partial charge is 0.332 e. The normalized spacial score (nSPS) is 17.5. The molecule has 1 saturated carbocycles. The van der Waals surface area contributed by atoms with Gasteiger partial charge < -0.3 is 14.2 Å². The lowest BCUT2D eigenvalue weighted by Crippen LogP contribution is -2.37. The van der Waals surface area contributed by atoms with E-state index in [2.05, 4.69) is 9.72 Å². The summed E-state index contributed by atoms with van der Waals surface area (Å²) in [4.78, 5) is 43.0. The Morgan fingerprint density at radius 2 is 2.12 bits per heavy atom. The first-order valence-corrected chi connectivity index (χ1v) is 8.33. The molecular weight excluding hydrogens is 340 g/mol. The molecule has 0 bridgehead atoms. The standard InChI is InChI=1S/C17H18N4O5/c1-26-15(24)8-21-14(23)7-20(17(21)25)13-4-11(10-2-3-10)5-19-6-12(9-22)18-16(13)19/h4-6,10,22H,2-3,7-9H2,1H3. The number of hydrogen-bond donors (Lipinski definition) is 1. The summed E-state index contributed by atoms with van der Waals surface area (Å²) in [5.74, 6) is -0.698. The third kappa shape index (κ3) is 2.70. The topological polar surface area (TPSA) is 104 Å². The number of carbonyl (C=O) groups excluding carboxylic acids is 3. The molecule has 1 aliphatic heterocycles. The Balaban J connectivity index is 1.75. The van der Waals surface area contributed by atoms with Gasteiger partial charge in [-0.25, -0.2) is 9.78 Å². The zero-order valence-corrected chi connectivity index (χ0v) is 14.2. The summed E-state index contributed by atoms with van der Waals surface area (Å²) >= 11 is 0. The highest BCUT2D eigenvalue weighted by atomic mass is 16.5. The number of nitrogens with zero attached hydrogens (tertiary/aromatic N) is 4. The molecule has 1 N–H and O–H groups in total. The zero-order valence-electron chi connectivity index (χ0n) is 14.2. The minimum absolute atomic E-state index is 0.166. The Bertz CT molecular complexity index is 917. The van der Waals surface area contributed by atoms with Gasteiger partial charge in [-0.3, -0.25) is 19.4 Å². The number of methoxy groups -OCH3 is 1. The van der Waals surface area contributed by atoms with Crippen LogP contribution in [0.3, 0.4) is 0 Å². The third-order valence-corrected chi connectivity index (χ3v) is 4.68. The van der Waals surface area contributed by atoms with E-state index in [1.165, 1.54) is 12.0 Å². The summed E-state index contributed by atoms with van der Waals surface area (Å²) < 4.78 is 6.32. The molecule has 2 aliphatic rings. The van der Waals surface area contributed by atoms with Crippen LogP contribution in [0.4, 0.5) is 10.5 Å². The summed E-state index contributed by atoms with van der Waals surface area (Å²) in [6, 6.07) is 1.29. The number of urea groups is 1. The molecule has 9 nitrogen and oxygen atoms in total. The lowest BCUT2D eigenvalue weighted by Gasteiger charge is -2.18. The molecule has 26 heavy (non-hydrogen) atoms. The maximum Gasteiger partial charge on any atom is 0.332 e. The maximum absolute atomic E-state index is 12.7. The van der Waals surface area contributed by atoms with Crippen LogP contribution in [0.2, 0.25) is 0 Å². The number of ether oxygens (including phenoxy) is 1. The number of esters is 1. The van der Waals surface area contributed by atoms with E-state index in [0.717, 1.165) is 23.3 Å². The number of amides is 3. The third-order valence-electron chi connectivity index (χ3n) is 4.68. The summed E-state index contributed by atoms with van der Waals surface area (Å²) in [6.45, 7) is -0.804. The van der Waals surface area contributed by atoms with Gasteiger partial charge in [-0.1, -0.05) is 0 Å². The summed E-state index contributed by atoms with van der Waals surface area (Å²) in [5.41, 5.74) is 2.52. The van der Waals surface area contributed by atoms with Crippen LogP contribution in [0.15, 0.2) is 18.5 Å². The van der Waals surface area contributed by atoms with E-state index in [1.807, 2.05) is 12.3 Å². The summed E-state index contributed by atoms with van der Waals surface area (Å²) in [5, 5.41) is 9.38. The first-order valence-electron chi connectivity index (χ1n) is 8.33. The molecule has 2 aromatic heterocycles. The monoisotopic (exact) mass is 358 g/mol. The Morgan fingerprint density at radius 1 is 1.35 bits per heavy atom. The van der Waals surface area contributed by atoms with E-state index in [4.69, 9.17) is 0 Å². The maximum atomic E-state index is 12.7. The largest absolute Gasteiger partial charge is 0.468 e. The van der Waals surface area contributed by atoms with Crippen LogP contribution in [0.5, 0.6) is 0 Å². The fraction of sp³-hybridized carbons (Fsp3) is 0.412. The molecule has 1 aliphatic carbocycles. The molecule has 2 fully saturated rings. The average molecular weight is 358 g/mol. The Morgan fingerprint density at radius 3 is 2.77 bits per heavy atom. The van der Waals surface area contributed by atoms with Gasteiger partial charge in [-0.05, 0) is 30.4 Å². The van der Waals surface area contributed by atoms with Gasteiger partial charge in [0.25, 0.3) is 5.91 Å². The van der Waals surface area contributed by atoms with E-state index in [9.17, 15) is 19.5 Å². The van der Waals surface area contributed by atoms with Crippen molar-refractivity contribution in [2.24, 2.45) is 0 Å². The highest BCUT2D eigenvalue weighted by Crippen LogP contribution is 2.42. The van der Waals surface area contributed by atoms with Gasteiger partial charge in [0, 0.05) is 12.4 Å². The van der Waals surface area contributed by atoms with Gasteiger partial charge in [0.05, 0.1) is 25.1 Å². The van der Waals surface area contributed by atoms with Crippen molar-refractivity contribution in [3.63, 3.8) is 0 Å². The van der Waals surface area contributed by atoms with E-state index in [1.54, 1.807) is 10.6 Å². The van der Waals surface area contributed by atoms with Crippen LogP contribution in [0, 0.1) is 0 Å². The molecule has 2 aromatic rings. The molecule has 9 heteroatoms. The minimum atomic E-state index is -0.659. The van der Waals surface area contributed by atoms with Gasteiger partial charge in [0.1, 0.15) is 13.1 Å². The molecule has 0 aromatic carbocycles. The molecule has 0 unspecified atom stereocenters. The van der Waals surface area contributed by atoms with Crippen molar-refractivity contribution in [1.29, 1.82) is 0 Å². The van der Waals surface area contributed by atoms with Crippen LogP contribution >= 0.6 is 0 Å². The van der Waals surface area contributed by atoms with Gasteiger partial charge in [-0.2, -0.15) is 0 Å². The predicted octanol–water partition coefficient (Wildman–Crippen LogP) is 0.646. The number of aliphatic hydroxyl groups is 1. The highest BCUT2D eigenvalue weighted by molar-refractivity contribution is 6.14. The van der Waals surface area contributed by atoms with Crippen LogP contribution in [-0.2, 0) is 20.9 Å². The SMILES string of the molecule is COC(=O)CN1C(=O)CN(c2cc(C3CC3)cn3cc(CO)nc23)C1=O. The number of rotatable bonds is 5. The lowest BCUT2D eigenvalue weighted by atomic mass is 10.1. The highest BCUT2D eigenvalue weighted by Gasteiger charge is 2.40. The molecule has 0 radical (unpaired) electrons. The summed E-state index contributed by atoms with van der Waals surface area (Å²) in [7, 11) is 1.20. The molecule has 0 spiro atoms. The molecule has 0 atom stereocenters. The van der Waals surface area contributed by atoms with Gasteiger partial charge in [-0.15, -0.1) is 0 Å². The van der Waals surface area contributed by atoms with Gasteiger partial charge in [0.2, 0.25) is 0 Å². The fourth-order valence-electron chi connectivity index (χ4n) is 3.15. The number of fused-ring (bicyclic) bond motifs is 1. The molecule has 4 rings (SSSR count). The Kier molecular flexibility index (Phi) is 3.87. The lowest BCUT2D eigenvalue weighted by molar-refractivity contribution is -0.144. The van der Waals surface area contributed by atoms with Crippen molar-refractivity contribution in [2.45, 2.75) is 25.4 Å². The van der Waals surface area contributed by atoms with E-state index in [0.29, 0.717) is 22.9 Å². The number of imide groups is 1. The number of carbonyl (C=O) groups is 3. The van der Waals surface area contributed by atoms with Crippen molar-refractivity contribution in [3.05, 3.63) is 29.7 Å². The second-order valence-corrected chi connectivity index (χ2v) is 6.48. The number of imidazole rings is 1. The van der Waals surface area contributed by atoms with Gasteiger partial charge in [0.15, 0.2) is 5.65 Å². The second kappa shape index (κ2) is 6.10. The van der Waals surface area contributed by atoms with Crippen LogP contribution in [-0.4, -0.2) is 57.5 Å². The number of pyridine rings is 1. The number of anilines is 1. The first-order chi connectivity index (χ1) is 12.5. The van der Waals surface area contributed by atoms with Crippen molar-refractivity contribution in [3.8, 4) is 0 Å². The van der Waals surface area contributed by atoms with E-state index < -0.39 is 24.5 Å². The van der Waals surface area contributed by atoms with E-state index >= 15 is 0 Å². The zero-order chi connectivity index (χ0) is 18.4. The fourth-order valence-corrected chi connectivity index (χ4v) is 3.15. The van der Waals surface area contributed by atoms with Crippen molar-refractivity contribution in [2.75, 3.05) is 25.1 Å². The van der Waals surface area contributed by atoms with Crippen LogP contribution in [0.25, 0.3) is 5.65 Å². The predicted molar refractivity (Wildman–Crippen MR) is 89.6 cm³/mol. The molecular formula is C17H18N4O5. The van der Waals surface area contributed by atoms with Gasteiger partial charge >= 0.3 is 12.0 Å². The quantitative estimate of drug-likeness (QED) is 0.621. The minimum Gasteiger partial charge on any atom is -0.468 e. The first kappa shape index (κ1) is 16.5. The Hall–Kier alpha value is -2.94. The number of aromatic nitrogens is 2. The second-order valence-electron chi connectivity index (χ2n) is 6.48. The molecule has 3 heterocycles. The summed E-state index contributed by atoms with van der Waals surface area (Å²) in [6.07, 6.45) is 5.80. The number of aliphatic hydroxyl groups excluding tert-OH is 1. The van der Waals surface area contributed by atoms with Crippen molar-refractivity contribution < 1.29 is 24.2 Å². The molecule has 3 amide bonds. The van der Waals surface area contributed by atoms with Crippen LogP contribution in [0.1, 0.15) is 30.0 Å².